The molecule has 2 atom stereocenters. The lowest BCUT2D eigenvalue weighted by Gasteiger charge is -2.13. The number of benzene rings is 2. The maximum atomic E-state index is 12.5. The van der Waals surface area contributed by atoms with Crippen molar-refractivity contribution >= 4 is 89.6 Å². The van der Waals surface area contributed by atoms with E-state index in [0.717, 1.165) is 6.07 Å². The highest BCUT2D eigenvalue weighted by molar-refractivity contribution is 7.86. The fourth-order valence-corrected chi connectivity index (χ4v) is 6.00. The first-order valence-electron chi connectivity index (χ1n) is 17.2. The summed E-state index contributed by atoms with van der Waals surface area (Å²) in [7, 11) is -13.4. The highest BCUT2D eigenvalue weighted by Crippen LogP contribution is 2.26. The molecule has 2 unspecified atom stereocenters. The zero-order valence-electron chi connectivity index (χ0n) is 30.7. The van der Waals surface area contributed by atoms with E-state index < -0.39 is 72.2 Å². The molecule has 28 heteroatoms. The molecule has 0 aliphatic rings. The summed E-state index contributed by atoms with van der Waals surface area (Å²) >= 11 is 0. The second-order valence-electron chi connectivity index (χ2n) is 12.2. The van der Waals surface area contributed by atoms with Crippen LogP contribution < -0.4 is 31.9 Å². The Bertz CT molecular complexity index is 2390. The molecule has 2 aromatic heterocycles. The van der Waals surface area contributed by atoms with E-state index in [1.54, 1.807) is 30.3 Å². The van der Waals surface area contributed by atoms with E-state index in [2.05, 4.69) is 61.8 Å². The summed E-state index contributed by atoms with van der Waals surface area (Å²) in [6, 6.07) is 10.6. The van der Waals surface area contributed by atoms with Crippen molar-refractivity contribution in [2.75, 3.05) is 82.8 Å². The summed E-state index contributed by atoms with van der Waals surface area (Å²) in [5, 5.41) is 54.0. The number of hydrogen-bond donors (Lipinski definition) is 13. The predicted molar refractivity (Wildman–Crippen MR) is 215 cm³/mol. The molecule has 0 saturated carbocycles. The van der Waals surface area contributed by atoms with Crippen LogP contribution in [0.4, 0.5) is 47.1 Å². The molecule has 59 heavy (non-hydrogen) atoms. The summed E-state index contributed by atoms with van der Waals surface area (Å²) in [6.07, 6.45) is 1.02. The van der Waals surface area contributed by atoms with Gasteiger partial charge < -0.3 is 52.3 Å². The number of nitrogens with zero attached hydrogens (tertiary/aromatic N) is 6. The Morgan fingerprint density at radius 3 is 1.51 bits per heavy atom. The number of anilines is 8. The van der Waals surface area contributed by atoms with Gasteiger partial charge in [-0.2, -0.15) is 55.2 Å². The van der Waals surface area contributed by atoms with Gasteiger partial charge in [0.2, 0.25) is 35.7 Å². The van der Waals surface area contributed by atoms with Crippen molar-refractivity contribution in [1.29, 1.82) is 0 Å². The fraction of sp³-hybridized carbons (Fsp3) is 0.355. The van der Waals surface area contributed by atoms with E-state index in [-0.39, 0.29) is 79.5 Å². The average molecular weight is 887 g/mol. The summed E-state index contributed by atoms with van der Waals surface area (Å²) < 4.78 is 97.6. The molecular weight excluding hydrogens is 845 g/mol. The van der Waals surface area contributed by atoms with Crippen molar-refractivity contribution in [3.63, 3.8) is 0 Å². The van der Waals surface area contributed by atoms with Crippen LogP contribution in [-0.2, 0) is 30.4 Å². The quantitative estimate of drug-likeness (QED) is 0.0311. The van der Waals surface area contributed by atoms with Crippen LogP contribution in [0.3, 0.4) is 0 Å². The van der Waals surface area contributed by atoms with Gasteiger partial charge in [0.05, 0.1) is 36.9 Å². The van der Waals surface area contributed by atoms with Gasteiger partial charge in [0.25, 0.3) is 30.4 Å². The second kappa shape index (κ2) is 21.0. The van der Waals surface area contributed by atoms with Gasteiger partial charge in [0, 0.05) is 37.6 Å². The normalized spacial score (nSPS) is 13.1. The van der Waals surface area contributed by atoms with Gasteiger partial charge in [-0.1, -0.05) is 30.4 Å². The Morgan fingerprint density at radius 1 is 0.559 bits per heavy atom. The molecule has 0 aliphatic heterocycles. The molecule has 2 heterocycles. The summed E-state index contributed by atoms with van der Waals surface area (Å²) in [5.74, 6) is -1.71. The molecule has 2 aromatic carbocycles. The van der Waals surface area contributed by atoms with Gasteiger partial charge in [-0.25, -0.2) is 0 Å². The van der Waals surface area contributed by atoms with Crippen LogP contribution in [0.1, 0.15) is 17.5 Å². The summed E-state index contributed by atoms with van der Waals surface area (Å²) in [4.78, 5) is 24.4. The third-order valence-corrected chi connectivity index (χ3v) is 9.75. The Balaban J connectivity index is 1.51. The topological polar surface area (TPSA) is 394 Å². The smallest absolute Gasteiger partial charge is 0.295 e. The lowest BCUT2D eigenvalue weighted by atomic mass is 10.1. The number of aliphatic hydroxyl groups is 4. The van der Waals surface area contributed by atoms with Crippen molar-refractivity contribution in [2.45, 2.75) is 23.5 Å². The van der Waals surface area contributed by atoms with Gasteiger partial charge in [0.1, 0.15) is 4.90 Å². The molecule has 4 aromatic rings. The van der Waals surface area contributed by atoms with Gasteiger partial charge in [0.15, 0.2) is 0 Å². The van der Waals surface area contributed by atoms with Gasteiger partial charge >= 0.3 is 0 Å². The highest BCUT2D eigenvalue weighted by Gasteiger charge is 2.17. The molecular formula is C31H42N12O13S3. The zero-order chi connectivity index (χ0) is 43.2. The zero-order valence-corrected chi connectivity index (χ0v) is 33.2. The Hall–Kier alpha value is -5.43. The number of rotatable bonds is 24. The maximum Gasteiger partial charge on any atom is 0.295 e. The van der Waals surface area contributed by atoms with E-state index in [1.807, 2.05) is 0 Å². The number of aromatic nitrogens is 6. The number of nitrogens with one attached hydrogen (secondary N) is 6. The van der Waals surface area contributed by atoms with E-state index in [0.29, 0.717) is 11.3 Å². The van der Waals surface area contributed by atoms with Crippen molar-refractivity contribution in [2.24, 2.45) is 0 Å². The van der Waals surface area contributed by atoms with Crippen molar-refractivity contribution in [3.05, 3.63) is 53.6 Å². The largest absolute Gasteiger partial charge is 0.394 e. The number of aliphatic hydroxyl groups excluding tert-OH is 4. The summed E-state index contributed by atoms with van der Waals surface area (Å²) in [5.41, 5.74) is 1.27. The number of hydrogen-bond acceptors (Lipinski definition) is 22. The first-order valence-corrected chi connectivity index (χ1v) is 21.8. The minimum atomic E-state index is -4.80. The van der Waals surface area contributed by atoms with Crippen LogP contribution >= 0.6 is 0 Å². The molecule has 0 fully saturated rings. The summed E-state index contributed by atoms with van der Waals surface area (Å²) in [6.45, 7) is -1.53. The SMILES string of the molecule is O=S(=O)(O)CCNc1nc(NCCC(O)CO)nc(Nc2ccc(C=Cc3ccc(Nc4nc(NCCS(=O)(=O)O)nc(NCC(O)CO)n4)cc3S(=O)(=O)O)cc2)n1. The van der Waals surface area contributed by atoms with Crippen molar-refractivity contribution in [3.8, 4) is 0 Å². The van der Waals surface area contributed by atoms with Crippen LogP contribution in [0.5, 0.6) is 0 Å². The van der Waals surface area contributed by atoms with Crippen molar-refractivity contribution < 1.29 is 59.3 Å². The van der Waals surface area contributed by atoms with Crippen molar-refractivity contribution in [1.82, 2.24) is 29.9 Å². The Morgan fingerprint density at radius 2 is 1.02 bits per heavy atom. The first kappa shape index (κ1) is 46.3. The third-order valence-electron chi connectivity index (χ3n) is 7.40. The molecule has 0 saturated heterocycles. The monoisotopic (exact) mass is 886 g/mol. The van der Waals surface area contributed by atoms with E-state index >= 15 is 0 Å². The van der Waals surface area contributed by atoms with E-state index in [1.165, 1.54) is 18.2 Å². The molecule has 0 amide bonds. The molecule has 0 radical (unpaired) electrons. The molecule has 13 N–H and O–H groups in total. The first-order chi connectivity index (χ1) is 27.8. The van der Waals surface area contributed by atoms with Crippen LogP contribution in [0, 0.1) is 0 Å². The molecule has 0 spiro atoms. The molecule has 25 nitrogen and oxygen atoms in total. The lowest BCUT2D eigenvalue weighted by molar-refractivity contribution is 0.0910. The maximum absolute atomic E-state index is 12.5. The van der Waals surface area contributed by atoms with Crippen LogP contribution in [0.25, 0.3) is 12.2 Å². The highest BCUT2D eigenvalue weighted by atomic mass is 32.2. The fourth-order valence-electron chi connectivity index (χ4n) is 4.57. The Labute approximate surface area is 337 Å². The second-order valence-corrected chi connectivity index (χ2v) is 16.8. The predicted octanol–water partition coefficient (Wildman–Crippen LogP) is -0.519. The minimum Gasteiger partial charge on any atom is -0.394 e. The van der Waals surface area contributed by atoms with Gasteiger partial charge in [-0.05, 0) is 41.8 Å². The third kappa shape index (κ3) is 16.8. The molecule has 322 valence electrons. The average Bonchev–Trinajstić information content (AvgIpc) is 3.15. The minimum absolute atomic E-state index is 0.0316. The van der Waals surface area contributed by atoms with Crippen LogP contribution in [-0.4, -0.2) is 152 Å². The van der Waals surface area contributed by atoms with E-state index in [9.17, 15) is 40.0 Å². The molecule has 4 rings (SSSR count). The van der Waals surface area contributed by atoms with Crippen LogP contribution in [0.15, 0.2) is 47.4 Å². The van der Waals surface area contributed by atoms with Gasteiger partial charge in [-0.3, -0.25) is 13.7 Å². The molecule has 0 aliphatic carbocycles. The van der Waals surface area contributed by atoms with Crippen LogP contribution in [0.2, 0.25) is 0 Å². The Kier molecular flexibility index (Phi) is 16.5. The standard InChI is InChI=1S/C31H42N12O13S3/c44-17-23(46)9-10-32-26-38-27(33-11-13-57(48,49)50)41-30(40-26)36-21-6-2-19(3-7-21)1-4-20-5-8-22(15-25(20)59(54,55)56)37-31-42-28(34-12-14-58(51,52)53)39-29(43-31)35-16-24(47)18-45/h1-8,15,23-24,44-47H,9-14,16-18H2,(H,48,49,50)(H,51,52,53)(H,54,55,56)(H3,32,33,36,38,40,41)(H3,34,35,37,39,42,43). The molecule has 0 bridgehead atoms. The van der Waals surface area contributed by atoms with E-state index in [4.69, 9.17) is 19.3 Å². The van der Waals surface area contributed by atoms with Gasteiger partial charge in [-0.15, -0.1) is 0 Å². The lowest BCUT2D eigenvalue weighted by Crippen LogP contribution is -2.24.